The Bertz CT molecular complexity index is 878. The van der Waals surface area contributed by atoms with Gasteiger partial charge in [-0.05, 0) is 30.7 Å². The molecule has 134 valence electrons. The number of hydrogen-bond acceptors (Lipinski definition) is 6. The molecule has 0 aliphatic carbocycles. The first-order valence-corrected chi connectivity index (χ1v) is 10.1. The minimum Gasteiger partial charge on any atom is -0.478 e. The number of carboxylic acids is 1. The van der Waals surface area contributed by atoms with Gasteiger partial charge in [0.1, 0.15) is 4.21 Å². The zero-order chi connectivity index (χ0) is 18.0. The number of carboxylic acid groups (broad SMARTS) is 1. The van der Waals surface area contributed by atoms with E-state index in [9.17, 15) is 18.3 Å². The quantitative estimate of drug-likeness (QED) is 0.784. The molecule has 3 heterocycles. The van der Waals surface area contributed by atoms with Crippen LogP contribution in [0.25, 0.3) is 0 Å². The number of likely N-dealkylation sites (N-methyl/N-ethyl adjacent to an activating group) is 1. The zero-order valence-electron chi connectivity index (χ0n) is 13.7. The second-order valence-electron chi connectivity index (χ2n) is 5.80. The van der Waals surface area contributed by atoms with E-state index in [1.54, 1.807) is 12.3 Å². The lowest BCUT2D eigenvalue weighted by Crippen LogP contribution is -2.30. The van der Waals surface area contributed by atoms with Crippen LogP contribution in [-0.2, 0) is 29.4 Å². The van der Waals surface area contributed by atoms with Crippen LogP contribution >= 0.6 is 11.3 Å². The molecule has 9 heteroatoms. The number of pyridine rings is 1. The van der Waals surface area contributed by atoms with E-state index in [0.717, 1.165) is 21.9 Å². The van der Waals surface area contributed by atoms with E-state index in [1.165, 1.54) is 11.4 Å². The predicted molar refractivity (Wildman–Crippen MR) is 94.4 cm³/mol. The normalized spacial score (nSPS) is 14.5. The van der Waals surface area contributed by atoms with Crippen molar-refractivity contribution in [3.8, 4) is 0 Å². The summed E-state index contributed by atoms with van der Waals surface area (Å²) in [5.74, 6) is -1.18. The van der Waals surface area contributed by atoms with Crippen molar-refractivity contribution < 1.29 is 18.3 Å². The van der Waals surface area contributed by atoms with Crippen molar-refractivity contribution in [1.29, 1.82) is 0 Å². The topological polar surface area (TPSA) is 99.6 Å². The Morgan fingerprint density at radius 2 is 2.24 bits per heavy atom. The largest absolute Gasteiger partial charge is 0.478 e. The van der Waals surface area contributed by atoms with Gasteiger partial charge in [-0.1, -0.05) is 6.07 Å². The first kappa shape index (κ1) is 18.0. The second-order valence-corrected chi connectivity index (χ2v) is 9.14. The fourth-order valence-corrected chi connectivity index (χ4v) is 6.01. The van der Waals surface area contributed by atoms with Crippen molar-refractivity contribution in [2.24, 2.45) is 0 Å². The smallest absolute Gasteiger partial charge is 0.338 e. The van der Waals surface area contributed by atoms with E-state index in [-0.39, 0.29) is 16.3 Å². The molecule has 0 fully saturated rings. The van der Waals surface area contributed by atoms with E-state index < -0.39 is 16.0 Å². The number of nitrogens with one attached hydrogen (secondary N) is 1. The number of thiophene rings is 1. The molecule has 0 aromatic carbocycles. The lowest BCUT2D eigenvalue weighted by atomic mass is 10.1. The molecule has 2 aromatic heterocycles. The molecule has 2 aromatic rings. The van der Waals surface area contributed by atoms with Gasteiger partial charge >= 0.3 is 5.97 Å². The number of aromatic nitrogens is 1. The average Bonchev–Trinajstić information content (AvgIpc) is 3.01. The number of fused-ring (bicyclic) bond motifs is 1. The third kappa shape index (κ3) is 3.59. The highest BCUT2D eigenvalue weighted by molar-refractivity contribution is 7.91. The van der Waals surface area contributed by atoms with Gasteiger partial charge in [0.15, 0.2) is 0 Å². The highest BCUT2D eigenvalue weighted by Gasteiger charge is 2.34. The van der Waals surface area contributed by atoms with Crippen molar-refractivity contribution in [3.05, 3.63) is 46.1 Å². The van der Waals surface area contributed by atoms with Crippen LogP contribution in [0.1, 0.15) is 26.5 Å². The molecule has 3 rings (SSSR count). The third-order valence-corrected chi connectivity index (χ3v) is 7.75. The first-order valence-electron chi connectivity index (χ1n) is 7.86. The lowest BCUT2D eigenvalue weighted by Gasteiger charge is -2.16. The monoisotopic (exact) mass is 381 g/mol. The predicted octanol–water partition coefficient (Wildman–Crippen LogP) is 1.35. The number of hydrogen-bond donors (Lipinski definition) is 2. The molecule has 0 unspecified atom stereocenters. The molecule has 0 saturated carbocycles. The van der Waals surface area contributed by atoms with Gasteiger partial charge in [0.05, 0.1) is 5.56 Å². The van der Waals surface area contributed by atoms with Gasteiger partial charge < -0.3 is 10.4 Å². The summed E-state index contributed by atoms with van der Waals surface area (Å²) in [6, 6.07) is 5.48. The Kier molecular flexibility index (Phi) is 5.19. The zero-order valence-corrected chi connectivity index (χ0v) is 15.4. The molecule has 0 spiro atoms. The van der Waals surface area contributed by atoms with Crippen molar-refractivity contribution in [1.82, 2.24) is 14.6 Å². The SMILES string of the molecule is CN(CCc1ccccn1)S(=O)(=O)c1sc2c(c1C(=O)O)CCNC2. The number of nitrogens with zero attached hydrogens (tertiary/aromatic N) is 2. The molecule has 0 bridgehead atoms. The number of carbonyl (C=O) groups is 1. The Morgan fingerprint density at radius 3 is 2.92 bits per heavy atom. The van der Waals surface area contributed by atoms with E-state index >= 15 is 0 Å². The molecule has 1 aliphatic heterocycles. The van der Waals surface area contributed by atoms with Crippen LogP contribution in [0.5, 0.6) is 0 Å². The first-order chi connectivity index (χ1) is 11.9. The van der Waals surface area contributed by atoms with Crippen LogP contribution < -0.4 is 5.32 Å². The van der Waals surface area contributed by atoms with Crippen molar-refractivity contribution >= 4 is 27.3 Å². The lowest BCUT2D eigenvalue weighted by molar-refractivity contribution is 0.0692. The van der Waals surface area contributed by atoms with Gasteiger partial charge in [0.2, 0.25) is 0 Å². The van der Waals surface area contributed by atoms with Crippen molar-refractivity contribution in [3.63, 3.8) is 0 Å². The summed E-state index contributed by atoms with van der Waals surface area (Å²) >= 11 is 1.06. The van der Waals surface area contributed by atoms with Gasteiger partial charge in [-0.25, -0.2) is 13.2 Å². The fourth-order valence-electron chi connectivity index (χ4n) is 2.79. The minimum absolute atomic E-state index is 0.0637. The summed E-state index contributed by atoms with van der Waals surface area (Å²) in [4.78, 5) is 16.7. The van der Waals surface area contributed by atoms with Crippen LogP contribution in [0, 0.1) is 0 Å². The highest BCUT2D eigenvalue weighted by atomic mass is 32.2. The van der Waals surface area contributed by atoms with E-state index in [4.69, 9.17) is 0 Å². The van der Waals surface area contributed by atoms with E-state index in [2.05, 4.69) is 10.3 Å². The van der Waals surface area contributed by atoms with Crippen LogP contribution in [0.3, 0.4) is 0 Å². The number of rotatable bonds is 6. The van der Waals surface area contributed by atoms with Gasteiger partial charge in [-0.15, -0.1) is 11.3 Å². The van der Waals surface area contributed by atoms with Gasteiger partial charge in [0, 0.05) is 43.3 Å². The summed E-state index contributed by atoms with van der Waals surface area (Å²) in [6.07, 6.45) is 2.65. The van der Waals surface area contributed by atoms with Gasteiger partial charge in [-0.3, -0.25) is 4.98 Å². The van der Waals surface area contributed by atoms with Crippen LogP contribution in [0.4, 0.5) is 0 Å². The van der Waals surface area contributed by atoms with E-state index in [1.807, 2.05) is 12.1 Å². The van der Waals surface area contributed by atoms with Gasteiger partial charge in [0.25, 0.3) is 10.0 Å². The van der Waals surface area contributed by atoms with Crippen molar-refractivity contribution in [2.45, 2.75) is 23.6 Å². The molecule has 2 N–H and O–H groups in total. The second kappa shape index (κ2) is 7.20. The van der Waals surface area contributed by atoms with Crippen LogP contribution in [0.2, 0.25) is 0 Å². The summed E-state index contributed by atoms with van der Waals surface area (Å²) < 4.78 is 27.0. The Labute approximate surface area is 150 Å². The summed E-state index contributed by atoms with van der Waals surface area (Å²) in [7, 11) is -2.39. The molecule has 7 nitrogen and oxygen atoms in total. The summed E-state index contributed by atoms with van der Waals surface area (Å²) in [5.41, 5.74) is 1.37. The number of aromatic carboxylic acids is 1. The average molecular weight is 381 g/mol. The van der Waals surface area contributed by atoms with Gasteiger partial charge in [-0.2, -0.15) is 4.31 Å². The Morgan fingerprint density at radius 1 is 1.44 bits per heavy atom. The molecule has 0 radical (unpaired) electrons. The summed E-state index contributed by atoms with van der Waals surface area (Å²) in [6.45, 7) is 1.39. The maximum absolute atomic E-state index is 12.9. The Hall–Kier alpha value is -1.81. The number of sulfonamides is 1. The fraction of sp³-hybridized carbons (Fsp3) is 0.375. The maximum Gasteiger partial charge on any atom is 0.338 e. The summed E-state index contributed by atoms with van der Waals surface area (Å²) in [5, 5.41) is 12.7. The molecule has 0 atom stereocenters. The maximum atomic E-state index is 12.9. The van der Waals surface area contributed by atoms with E-state index in [0.29, 0.717) is 31.5 Å². The van der Waals surface area contributed by atoms with Crippen LogP contribution in [0.15, 0.2) is 28.6 Å². The third-order valence-electron chi connectivity index (χ3n) is 4.16. The molecule has 1 aliphatic rings. The standard InChI is InChI=1S/C16H19N3O4S2/c1-19(9-6-11-4-2-3-7-18-11)25(22,23)16-14(15(20)21)12-5-8-17-10-13(12)24-16/h2-4,7,17H,5-6,8-10H2,1H3,(H,20,21). The van der Waals surface area contributed by atoms with Crippen molar-refractivity contribution in [2.75, 3.05) is 20.1 Å². The molecule has 0 amide bonds. The molecular weight excluding hydrogens is 362 g/mol. The molecule has 25 heavy (non-hydrogen) atoms. The highest BCUT2D eigenvalue weighted by Crippen LogP contribution is 2.35. The minimum atomic E-state index is -3.86. The molecular formula is C16H19N3O4S2. The molecule has 0 saturated heterocycles. The van der Waals surface area contributed by atoms with Crippen LogP contribution in [-0.4, -0.2) is 48.9 Å². The Balaban J connectivity index is 1.89.